The number of carbonyl (C=O) groups excluding carboxylic acids is 1. The van der Waals surface area contributed by atoms with Crippen LogP contribution in [0.4, 0.5) is 11.5 Å². The van der Waals surface area contributed by atoms with Gasteiger partial charge in [0.15, 0.2) is 17.3 Å². The molecule has 2 aromatic carbocycles. The first-order valence-corrected chi connectivity index (χ1v) is 10.5. The number of nitrogens with one attached hydrogen (secondary N) is 1. The molecule has 158 valence electrons. The average molecular weight is 415 g/mol. The molecule has 2 aliphatic rings. The SMILES string of the molecule is CN(C)c1ccc(-c2cccc(NCC(=O)C3(c4ccc5c(c4)OCO5)CC3)n2)cc1. The van der Waals surface area contributed by atoms with Gasteiger partial charge in [0.2, 0.25) is 6.79 Å². The Balaban J connectivity index is 1.28. The Morgan fingerprint density at radius 3 is 2.55 bits per heavy atom. The molecule has 31 heavy (non-hydrogen) atoms. The summed E-state index contributed by atoms with van der Waals surface area (Å²) in [4.78, 5) is 19.9. The smallest absolute Gasteiger partial charge is 0.231 e. The lowest BCUT2D eigenvalue weighted by Crippen LogP contribution is -2.27. The molecule has 6 nitrogen and oxygen atoms in total. The van der Waals surface area contributed by atoms with E-state index in [4.69, 9.17) is 14.5 Å². The number of Topliss-reactive ketones (excluding diaryl/α,β-unsaturated/α-hetero) is 1. The molecule has 0 spiro atoms. The summed E-state index contributed by atoms with van der Waals surface area (Å²) in [6.07, 6.45) is 1.72. The van der Waals surface area contributed by atoms with Gasteiger partial charge in [0.05, 0.1) is 17.7 Å². The first kappa shape index (κ1) is 19.4. The molecule has 1 aliphatic heterocycles. The monoisotopic (exact) mass is 415 g/mol. The fourth-order valence-electron chi connectivity index (χ4n) is 4.01. The van der Waals surface area contributed by atoms with Crippen molar-refractivity contribution in [2.75, 3.05) is 37.6 Å². The minimum atomic E-state index is -0.423. The van der Waals surface area contributed by atoms with Crippen molar-refractivity contribution in [1.29, 1.82) is 0 Å². The van der Waals surface area contributed by atoms with Gasteiger partial charge in [-0.25, -0.2) is 4.98 Å². The number of aromatic nitrogens is 1. The van der Waals surface area contributed by atoms with Crippen LogP contribution in [0.2, 0.25) is 0 Å². The Bertz CT molecular complexity index is 1120. The van der Waals surface area contributed by atoms with Gasteiger partial charge in [-0.05, 0) is 54.8 Å². The molecular weight excluding hydrogens is 390 g/mol. The van der Waals surface area contributed by atoms with E-state index in [9.17, 15) is 4.79 Å². The van der Waals surface area contributed by atoms with E-state index in [0.29, 0.717) is 5.82 Å². The van der Waals surface area contributed by atoms with Gasteiger partial charge >= 0.3 is 0 Å². The number of anilines is 2. The van der Waals surface area contributed by atoms with Crippen LogP contribution in [0.25, 0.3) is 11.3 Å². The van der Waals surface area contributed by atoms with E-state index in [1.807, 2.05) is 50.5 Å². The van der Waals surface area contributed by atoms with Crippen LogP contribution in [0, 0.1) is 0 Å². The second-order valence-electron chi connectivity index (χ2n) is 8.28. The van der Waals surface area contributed by atoms with E-state index >= 15 is 0 Å². The number of rotatable bonds is 7. The summed E-state index contributed by atoms with van der Waals surface area (Å²) < 4.78 is 10.9. The number of hydrogen-bond acceptors (Lipinski definition) is 6. The molecule has 1 aromatic heterocycles. The Hall–Kier alpha value is -3.54. The summed E-state index contributed by atoms with van der Waals surface area (Å²) in [5, 5.41) is 3.23. The fourth-order valence-corrected chi connectivity index (χ4v) is 4.01. The molecular formula is C25H25N3O3. The third kappa shape index (κ3) is 3.69. The van der Waals surface area contributed by atoms with Crippen LogP contribution in [-0.2, 0) is 10.2 Å². The van der Waals surface area contributed by atoms with Crippen LogP contribution in [0.1, 0.15) is 18.4 Å². The van der Waals surface area contributed by atoms with Crippen molar-refractivity contribution < 1.29 is 14.3 Å². The highest BCUT2D eigenvalue weighted by Gasteiger charge is 2.50. The third-order valence-electron chi connectivity index (χ3n) is 6.07. The van der Waals surface area contributed by atoms with Crippen molar-refractivity contribution in [1.82, 2.24) is 4.98 Å². The van der Waals surface area contributed by atoms with Gasteiger partial charge in [0.25, 0.3) is 0 Å². The molecule has 3 aromatic rings. The molecule has 5 rings (SSSR count). The summed E-state index contributed by atoms with van der Waals surface area (Å²) in [7, 11) is 4.04. The zero-order chi connectivity index (χ0) is 21.4. The van der Waals surface area contributed by atoms with Gasteiger partial charge in [-0.15, -0.1) is 0 Å². The number of nitrogens with zero attached hydrogens (tertiary/aromatic N) is 2. The Kier molecular flexibility index (Phi) is 4.77. The van der Waals surface area contributed by atoms with Gasteiger partial charge in [-0.3, -0.25) is 4.79 Å². The predicted molar refractivity (Wildman–Crippen MR) is 121 cm³/mol. The molecule has 1 aliphatic carbocycles. The topological polar surface area (TPSA) is 63.7 Å². The minimum absolute atomic E-state index is 0.175. The lowest BCUT2D eigenvalue weighted by atomic mass is 9.91. The van der Waals surface area contributed by atoms with Crippen LogP contribution in [-0.4, -0.2) is 38.2 Å². The summed E-state index contributed by atoms with van der Waals surface area (Å²) in [5.41, 5.74) is 3.64. The molecule has 1 fully saturated rings. The largest absolute Gasteiger partial charge is 0.454 e. The van der Waals surface area contributed by atoms with Crippen molar-refractivity contribution >= 4 is 17.3 Å². The van der Waals surface area contributed by atoms with E-state index in [2.05, 4.69) is 34.5 Å². The van der Waals surface area contributed by atoms with Crippen molar-refractivity contribution in [3.63, 3.8) is 0 Å². The molecule has 0 bridgehead atoms. The molecule has 1 N–H and O–H groups in total. The standard InChI is InChI=1S/C25H25N3O3/c1-28(2)19-9-6-17(7-10-19)20-4-3-5-24(27-20)26-15-23(29)25(12-13-25)18-8-11-21-22(14-18)31-16-30-21/h3-11,14H,12-13,15-16H2,1-2H3,(H,26,27). The second-order valence-corrected chi connectivity index (χ2v) is 8.28. The van der Waals surface area contributed by atoms with Crippen LogP contribution in [0.3, 0.4) is 0 Å². The zero-order valence-corrected chi connectivity index (χ0v) is 17.7. The Morgan fingerprint density at radius 2 is 1.81 bits per heavy atom. The van der Waals surface area contributed by atoms with Crippen molar-refractivity contribution in [3.05, 3.63) is 66.2 Å². The highest BCUT2D eigenvalue weighted by atomic mass is 16.7. The number of pyridine rings is 1. The molecule has 1 saturated carbocycles. The summed E-state index contributed by atoms with van der Waals surface area (Å²) >= 11 is 0. The van der Waals surface area contributed by atoms with E-state index in [0.717, 1.165) is 46.8 Å². The van der Waals surface area contributed by atoms with Gasteiger partial charge < -0.3 is 19.7 Å². The number of fused-ring (bicyclic) bond motifs is 1. The molecule has 6 heteroatoms. The van der Waals surface area contributed by atoms with Gasteiger partial charge in [0.1, 0.15) is 5.82 Å². The second kappa shape index (κ2) is 7.61. The highest BCUT2D eigenvalue weighted by Crippen LogP contribution is 2.51. The zero-order valence-electron chi connectivity index (χ0n) is 17.7. The summed E-state index contributed by atoms with van der Waals surface area (Å²) in [6, 6.07) is 19.9. The molecule has 0 unspecified atom stereocenters. The van der Waals surface area contributed by atoms with E-state index < -0.39 is 5.41 Å². The number of hydrogen-bond donors (Lipinski definition) is 1. The van der Waals surface area contributed by atoms with E-state index in [1.54, 1.807) is 0 Å². The summed E-state index contributed by atoms with van der Waals surface area (Å²) in [6.45, 7) is 0.478. The Morgan fingerprint density at radius 1 is 1.03 bits per heavy atom. The van der Waals surface area contributed by atoms with Crippen molar-refractivity contribution in [3.8, 4) is 22.8 Å². The first-order valence-electron chi connectivity index (χ1n) is 10.5. The van der Waals surface area contributed by atoms with Crippen LogP contribution < -0.4 is 19.7 Å². The number of carbonyl (C=O) groups is 1. The highest BCUT2D eigenvalue weighted by molar-refractivity contribution is 5.96. The maximum absolute atomic E-state index is 13.1. The van der Waals surface area contributed by atoms with Gasteiger partial charge in [-0.1, -0.05) is 24.3 Å². The molecule has 0 radical (unpaired) electrons. The lowest BCUT2D eigenvalue weighted by molar-refractivity contribution is -0.119. The van der Waals surface area contributed by atoms with Crippen molar-refractivity contribution in [2.45, 2.75) is 18.3 Å². The van der Waals surface area contributed by atoms with Crippen LogP contribution >= 0.6 is 0 Å². The predicted octanol–water partition coefficient (Wildman–Crippen LogP) is 4.26. The maximum Gasteiger partial charge on any atom is 0.231 e. The fraction of sp³-hybridized carbons (Fsp3) is 0.280. The minimum Gasteiger partial charge on any atom is -0.454 e. The molecule has 0 atom stereocenters. The quantitative estimate of drug-likeness (QED) is 0.622. The molecule has 2 heterocycles. The molecule has 0 saturated heterocycles. The Labute approximate surface area is 181 Å². The van der Waals surface area contributed by atoms with Crippen molar-refractivity contribution in [2.24, 2.45) is 0 Å². The van der Waals surface area contributed by atoms with Gasteiger partial charge in [-0.2, -0.15) is 0 Å². The maximum atomic E-state index is 13.1. The third-order valence-corrected chi connectivity index (χ3v) is 6.07. The average Bonchev–Trinajstić information content (AvgIpc) is 3.48. The number of benzene rings is 2. The number of ketones is 1. The first-order chi connectivity index (χ1) is 15.0. The van der Waals surface area contributed by atoms with E-state index in [-0.39, 0.29) is 19.1 Å². The van der Waals surface area contributed by atoms with Gasteiger partial charge in [0, 0.05) is 25.3 Å². The normalized spacial score (nSPS) is 15.4. The number of ether oxygens (including phenoxy) is 2. The van der Waals surface area contributed by atoms with Crippen LogP contribution in [0.5, 0.6) is 11.5 Å². The summed E-state index contributed by atoms with van der Waals surface area (Å²) in [5.74, 6) is 2.34. The lowest BCUT2D eigenvalue weighted by Gasteiger charge is -2.16. The van der Waals surface area contributed by atoms with Crippen LogP contribution in [0.15, 0.2) is 60.7 Å². The van der Waals surface area contributed by atoms with E-state index in [1.165, 1.54) is 0 Å². The molecule has 0 amide bonds.